The Hall–Kier alpha value is -1.46. The minimum absolute atomic E-state index is 0.258. The zero-order chi connectivity index (χ0) is 8.27. The maximum Gasteiger partial charge on any atom is 0.407 e. The number of carbonyl (C=O) groups excluding carboxylic acids is 2. The Kier molecular flexibility index (Phi) is 2.15. The number of rotatable bonds is 2. The molecule has 0 aromatic carbocycles. The van der Waals surface area contributed by atoms with Gasteiger partial charge in [-0.1, -0.05) is 0 Å². The summed E-state index contributed by atoms with van der Waals surface area (Å²) < 4.78 is 4.69. The number of urea groups is 1. The van der Waals surface area contributed by atoms with Gasteiger partial charge >= 0.3 is 12.1 Å². The fourth-order valence-corrected chi connectivity index (χ4v) is 0.760. The van der Waals surface area contributed by atoms with Crippen molar-refractivity contribution in [2.24, 2.45) is 5.73 Å². The van der Waals surface area contributed by atoms with Gasteiger partial charge in [-0.15, -0.1) is 0 Å². The van der Waals surface area contributed by atoms with Gasteiger partial charge in [-0.2, -0.15) is 0 Å². The summed E-state index contributed by atoms with van der Waals surface area (Å²) in [6.07, 6.45) is -0.753. The fraction of sp³-hybridized carbons (Fsp3) is 0.600. The first-order valence-electron chi connectivity index (χ1n) is 3.16. The Balaban J connectivity index is 2.18. The quantitative estimate of drug-likeness (QED) is 0.470. The van der Waals surface area contributed by atoms with E-state index in [1.165, 1.54) is 0 Å². The van der Waals surface area contributed by atoms with E-state index in [9.17, 15) is 9.59 Å². The van der Waals surface area contributed by atoms with Crippen LogP contribution >= 0.6 is 0 Å². The van der Waals surface area contributed by atoms with Crippen molar-refractivity contribution in [3.05, 3.63) is 0 Å². The molecule has 4 N–H and O–H groups in total. The Morgan fingerprint density at radius 2 is 2.64 bits per heavy atom. The van der Waals surface area contributed by atoms with E-state index in [1.807, 2.05) is 0 Å². The van der Waals surface area contributed by atoms with Crippen molar-refractivity contribution >= 4 is 12.1 Å². The molecule has 0 aromatic heterocycles. The molecule has 1 atom stereocenters. The van der Waals surface area contributed by atoms with E-state index in [-0.39, 0.29) is 12.6 Å². The number of nitrogens with two attached hydrogens (primary N) is 1. The molecule has 6 heteroatoms. The zero-order valence-electron chi connectivity index (χ0n) is 5.79. The fourth-order valence-electron chi connectivity index (χ4n) is 0.760. The summed E-state index contributed by atoms with van der Waals surface area (Å²) in [6.45, 7) is 0.674. The first-order chi connectivity index (χ1) is 5.18. The summed E-state index contributed by atoms with van der Waals surface area (Å²) in [6, 6.07) is -0.618. The highest BCUT2D eigenvalue weighted by Crippen LogP contribution is 1.97. The topological polar surface area (TPSA) is 93.5 Å². The highest BCUT2D eigenvalue weighted by atomic mass is 16.6. The van der Waals surface area contributed by atoms with E-state index >= 15 is 0 Å². The normalized spacial score (nSPS) is 22.2. The number of amides is 3. The van der Waals surface area contributed by atoms with Crippen LogP contribution in [0.25, 0.3) is 0 Å². The van der Waals surface area contributed by atoms with E-state index in [1.54, 1.807) is 0 Å². The van der Waals surface area contributed by atoms with Gasteiger partial charge in [-0.3, -0.25) is 0 Å². The number of carbonyl (C=O) groups is 2. The third-order valence-corrected chi connectivity index (χ3v) is 1.25. The summed E-state index contributed by atoms with van der Waals surface area (Å²) in [5, 5.41) is 4.77. The molecule has 11 heavy (non-hydrogen) atoms. The Bertz CT molecular complexity index is 182. The number of ether oxygens (including phenoxy) is 1. The lowest BCUT2D eigenvalue weighted by Gasteiger charge is -2.06. The molecule has 1 unspecified atom stereocenters. The molecule has 1 heterocycles. The predicted octanol–water partition coefficient (Wildman–Crippen LogP) is -1.24. The number of hydrogen-bond acceptors (Lipinski definition) is 3. The maximum absolute atomic E-state index is 10.4. The molecule has 1 aliphatic rings. The zero-order valence-corrected chi connectivity index (χ0v) is 5.79. The second-order valence-electron chi connectivity index (χ2n) is 2.15. The van der Waals surface area contributed by atoms with Crippen LogP contribution in [0.1, 0.15) is 0 Å². The van der Waals surface area contributed by atoms with Crippen molar-refractivity contribution in [2.75, 3.05) is 13.1 Å². The van der Waals surface area contributed by atoms with Gasteiger partial charge in [-0.05, 0) is 0 Å². The number of alkyl carbamates (subject to hydrolysis) is 1. The van der Waals surface area contributed by atoms with Crippen LogP contribution in [0.3, 0.4) is 0 Å². The van der Waals surface area contributed by atoms with E-state index in [0.29, 0.717) is 6.54 Å². The molecule has 0 bridgehead atoms. The standard InChI is InChI=1S/C5H9N3O3/c6-4(9)7-1-3-2-8-5(10)11-3/h3H,1-2H2,(H,8,10)(H3,6,7,9). The minimum atomic E-state index is -0.618. The first kappa shape index (κ1) is 7.64. The molecular formula is C5H9N3O3. The lowest BCUT2D eigenvalue weighted by Crippen LogP contribution is -2.37. The van der Waals surface area contributed by atoms with Crippen LogP contribution in [-0.2, 0) is 4.74 Å². The minimum Gasteiger partial charge on any atom is -0.442 e. The van der Waals surface area contributed by atoms with Crippen LogP contribution < -0.4 is 16.4 Å². The number of cyclic esters (lactones) is 1. The molecule has 1 rings (SSSR count). The lowest BCUT2D eigenvalue weighted by molar-refractivity contribution is 0.140. The van der Waals surface area contributed by atoms with E-state index in [0.717, 1.165) is 0 Å². The summed E-state index contributed by atoms with van der Waals surface area (Å²) in [4.78, 5) is 20.6. The highest BCUT2D eigenvalue weighted by Gasteiger charge is 2.21. The van der Waals surface area contributed by atoms with E-state index in [4.69, 9.17) is 10.5 Å². The number of hydrogen-bond donors (Lipinski definition) is 3. The third kappa shape index (κ3) is 2.32. The van der Waals surface area contributed by atoms with Crippen molar-refractivity contribution in [3.8, 4) is 0 Å². The molecule has 6 nitrogen and oxygen atoms in total. The number of nitrogens with one attached hydrogen (secondary N) is 2. The van der Waals surface area contributed by atoms with Gasteiger partial charge in [0.25, 0.3) is 0 Å². The molecule has 1 aliphatic heterocycles. The molecule has 1 fully saturated rings. The molecule has 3 amide bonds. The third-order valence-electron chi connectivity index (χ3n) is 1.25. The second-order valence-corrected chi connectivity index (χ2v) is 2.15. The van der Waals surface area contributed by atoms with E-state index in [2.05, 4.69) is 10.6 Å². The average Bonchev–Trinajstić information content (AvgIpc) is 2.31. The molecule has 1 saturated heterocycles. The SMILES string of the molecule is NC(=O)NCC1CNC(=O)O1. The predicted molar refractivity (Wildman–Crippen MR) is 35.9 cm³/mol. The molecule has 0 spiro atoms. The van der Waals surface area contributed by atoms with Crippen LogP contribution in [0.2, 0.25) is 0 Å². The van der Waals surface area contributed by atoms with Crippen molar-refractivity contribution in [2.45, 2.75) is 6.10 Å². The van der Waals surface area contributed by atoms with Crippen molar-refractivity contribution in [3.63, 3.8) is 0 Å². The van der Waals surface area contributed by atoms with Crippen LogP contribution in [0, 0.1) is 0 Å². The lowest BCUT2D eigenvalue weighted by atomic mass is 10.4. The molecule has 0 aromatic rings. The molecule has 0 saturated carbocycles. The van der Waals surface area contributed by atoms with Gasteiger partial charge in [0, 0.05) is 0 Å². The van der Waals surface area contributed by atoms with Gasteiger partial charge in [0.15, 0.2) is 0 Å². The monoisotopic (exact) mass is 159 g/mol. The maximum atomic E-state index is 10.4. The van der Waals surface area contributed by atoms with Crippen molar-refractivity contribution in [1.82, 2.24) is 10.6 Å². The van der Waals surface area contributed by atoms with Gasteiger partial charge in [0.1, 0.15) is 6.10 Å². The highest BCUT2D eigenvalue weighted by molar-refractivity contribution is 5.72. The molecular weight excluding hydrogens is 150 g/mol. The van der Waals surface area contributed by atoms with Gasteiger partial charge in [0.05, 0.1) is 13.1 Å². The van der Waals surface area contributed by atoms with Gasteiger partial charge < -0.3 is 21.1 Å². The average molecular weight is 159 g/mol. The van der Waals surface area contributed by atoms with Crippen molar-refractivity contribution < 1.29 is 14.3 Å². The largest absolute Gasteiger partial charge is 0.442 e. The van der Waals surface area contributed by atoms with E-state index < -0.39 is 12.1 Å². The first-order valence-corrected chi connectivity index (χ1v) is 3.16. The summed E-state index contributed by atoms with van der Waals surface area (Å²) in [5.74, 6) is 0. The van der Waals surface area contributed by atoms with Crippen molar-refractivity contribution in [1.29, 1.82) is 0 Å². The van der Waals surface area contributed by atoms with Gasteiger partial charge in [-0.25, -0.2) is 9.59 Å². The van der Waals surface area contributed by atoms with Crippen LogP contribution in [0.4, 0.5) is 9.59 Å². The summed E-state index contributed by atoms with van der Waals surface area (Å²) in [7, 11) is 0. The Labute approximate surface area is 63.1 Å². The van der Waals surface area contributed by atoms with Crippen LogP contribution in [0.15, 0.2) is 0 Å². The second kappa shape index (κ2) is 3.09. The molecule has 62 valence electrons. The molecule has 0 radical (unpaired) electrons. The van der Waals surface area contributed by atoms with Gasteiger partial charge in [0.2, 0.25) is 0 Å². The Morgan fingerprint density at radius 1 is 1.91 bits per heavy atom. The molecule has 0 aliphatic carbocycles. The van der Waals surface area contributed by atoms with Crippen LogP contribution in [-0.4, -0.2) is 31.3 Å². The van der Waals surface area contributed by atoms with Crippen LogP contribution in [0.5, 0.6) is 0 Å². The summed E-state index contributed by atoms with van der Waals surface area (Å²) >= 11 is 0. The smallest absolute Gasteiger partial charge is 0.407 e. The number of primary amides is 1. The summed E-state index contributed by atoms with van der Waals surface area (Å²) in [5.41, 5.74) is 4.79. The Morgan fingerprint density at radius 3 is 3.09 bits per heavy atom.